The number of nitrogens with one attached hydrogen (secondary N) is 1. The van der Waals surface area contributed by atoms with Gasteiger partial charge in [0.2, 0.25) is 0 Å². The number of hydrogen-bond donors (Lipinski definition) is 1. The van der Waals surface area contributed by atoms with Crippen LogP contribution in [0.5, 0.6) is 0 Å². The zero-order valence-corrected chi connectivity index (χ0v) is 25.6. The highest BCUT2D eigenvalue weighted by Crippen LogP contribution is 2.31. The van der Waals surface area contributed by atoms with Crippen LogP contribution in [0.4, 0.5) is 20.2 Å². The van der Waals surface area contributed by atoms with E-state index in [0.717, 1.165) is 28.4 Å². The summed E-state index contributed by atoms with van der Waals surface area (Å²) in [5.74, 6) is -1.54. The lowest BCUT2D eigenvalue weighted by molar-refractivity contribution is -0.142. The molecule has 0 heterocycles. The van der Waals surface area contributed by atoms with Gasteiger partial charge in [-0.3, -0.25) is 4.79 Å². The second-order valence-electron chi connectivity index (χ2n) is 10.2. The summed E-state index contributed by atoms with van der Waals surface area (Å²) < 4.78 is 33.3. The molecule has 1 N–H and O–H groups in total. The minimum absolute atomic E-state index is 0.141. The highest BCUT2D eigenvalue weighted by molar-refractivity contribution is 7.98. The van der Waals surface area contributed by atoms with Gasteiger partial charge in [-0.1, -0.05) is 48.5 Å². The molecule has 0 radical (unpaired) electrons. The molecule has 1 atom stereocenters. The van der Waals surface area contributed by atoms with Crippen molar-refractivity contribution >= 4 is 35.0 Å². The molecule has 0 aliphatic carbocycles. The zero-order chi connectivity index (χ0) is 31.6. The number of rotatable bonds is 12. The average Bonchev–Trinajstić information content (AvgIpc) is 3.03. The molecule has 0 saturated heterocycles. The summed E-state index contributed by atoms with van der Waals surface area (Å²) in [4.78, 5) is 31.4. The van der Waals surface area contributed by atoms with Gasteiger partial charge in [0.05, 0.1) is 13.7 Å². The number of carbonyl (C=O) groups is 2. The molecule has 0 fully saturated rings. The number of halogens is 2. The third-order valence-corrected chi connectivity index (χ3v) is 7.90. The molecule has 0 aliphatic rings. The Bertz CT molecular complexity index is 1670. The van der Waals surface area contributed by atoms with Crippen molar-refractivity contribution in [3.8, 4) is 11.1 Å². The summed E-state index contributed by atoms with van der Waals surface area (Å²) in [7, 11) is 1.30. The van der Waals surface area contributed by atoms with Crippen LogP contribution in [0.3, 0.4) is 0 Å². The van der Waals surface area contributed by atoms with Crippen LogP contribution in [0.1, 0.15) is 33.5 Å². The zero-order valence-electron chi connectivity index (χ0n) is 24.8. The minimum atomic E-state index is -0.788. The van der Waals surface area contributed by atoms with Crippen LogP contribution in [0, 0.1) is 25.1 Å². The second-order valence-corrected chi connectivity index (χ2v) is 11.2. The van der Waals surface area contributed by atoms with Crippen molar-refractivity contribution in [1.29, 1.82) is 0 Å². The summed E-state index contributed by atoms with van der Waals surface area (Å²) in [6, 6.07) is 22.9. The highest BCUT2D eigenvalue weighted by atomic mass is 32.2. The highest BCUT2D eigenvalue weighted by Gasteiger charge is 2.24. The Morgan fingerprint density at radius 2 is 1.73 bits per heavy atom. The fraction of sp³-hybridized carbons (Fsp3) is 0.229. The van der Waals surface area contributed by atoms with Gasteiger partial charge < -0.3 is 15.0 Å². The standard InChI is InChI=1S/C35H33F2N3O3S/c1-23-7-5-6-8-29(23)31-19-24(9-16-30(31)34(41)39-33(17-18-44-4)35(42)43-3)21-40(28-14-12-27(38-2)13-15-28)22-25-10-11-26(36)20-32(25)37/h5-16,19-20,33H,17-18,21-22H2,1,3-4H3,(H,39,41)/t33-/m0/s1. The molecule has 0 aromatic heterocycles. The number of benzene rings is 4. The van der Waals surface area contributed by atoms with Crippen molar-refractivity contribution in [3.63, 3.8) is 0 Å². The molecule has 0 aliphatic heterocycles. The first-order valence-corrected chi connectivity index (χ1v) is 15.4. The van der Waals surface area contributed by atoms with Crippen LogP contribution < -0.4 is 10.2 Å². The molecule has 226 valence electrons. The van der Waals surface area contributed by atoms with Gasteiger partial charge in [0, 0.05) is 36.0 Å². The molecule has 1 amide bonds. The summed E-state index contributed by atoms with van der Waals surface area (Å²) >= 11 is 1.57. The largest absolute Gasteiger partial charge is 0.467 e. The molecular weight excluding hydrogens is 580 g/mol. The van der Waals surface area contributed by atoms with Gasteiger partial charge in [0.1, 0.15) is 17.7 Å². The van der Waals surface area contributed by atoms with E-state index in [1.54, 1.807) is 42.1 Å². The molecule has 9 heteroatoms. The monoisotopic (exact) mass is 613 g/mol. The normalized spacial score (nSPS) is 11.4. The van der Waals surface area contributed by atoms with Crippen molar-refractivity contribution in [2.45, 2.75) is 32.5 Å². The molecule has 0 saturated carbocycles. The van der Waals surface area contributed by atoms with Gasteiger partial charge in [0.25, 0.3) is 5.91 Å². The maximum Gasteiger partial charge on any atom is 0.328 e. The first-order chi connectivity index (χ1) is 21.2. The molecular formula is C35H33F2N3O3S. The van der Waals surface area contributed by atoms with Crippen LogP contribution in [0.15, 0.2) is 84.9 Å². The van der Waals surface area contributed by atoms with Crippen molar-refractivity contribution in [2.24, 2.45) is 0 Å². The van der Waals surface area contributed by atoms with E-state index in [1.165, 1.54) is 19.2 Å². The third kappa shape index (κ3) is 8.03. The molecule has 4 aromatic carbocycles. The van der Waals surface area contributed by atoms with E-state index in [-0.39, 0.29) is 6.54 Å². The number of ether oxygens (including phenoxy) is 1. The maximum absolute atomic E-state index is 14.7. The molecule has 6 nitrogen and oxygen atoms in total. The predicted octanol–water partition coefficient (Wildman–Crippen LogP) is 7.72. The van der Waals surface area contributed by atoms with Gasteiger partial charge in [-0.25, -0.2) is 18.4 Å². The van der Waals surface area contributed by atoms with E-state index < -0.39 is 29.6 Å². The molecule has 0 unspecified atom stereocenters. The number of methoxy groups -OCH3 is 1. The van der Waals surface area contributed by atoms with E-state index in [1.807, 2.05) is 54.5 Å². The smallest absolute Gasteiger partial charge is 0.328 e. The predicted molar refractivity (Wildman–Crippen MR) is 172 cm³/mol. The first-order valence-electron chi connectivity index (χ1n) is 14.0. The summed E-state index contributed by atoms with van der Waals surface area (Å²) in [5.41, 5.74) is 5.28. The Balaban J connectivity index is 1.74. The molecule has 44 heavy (non-hydrogen) atoms. The Labute approximate surface area is 260 Å². The van der Waals surface area contributed by atoms with Crippen LogP contribution in [-0.2, 0) is 22.6 Å². The van der Waals surface area contributed by atoms with Crippen LogP contribution in [0.2, 0.25) is 0 Å². The van der Waals surface area contributed by atoms with Crippen molar-refractivity contribution < 1.29 is 23.1 Å². The number of nitrogens with zero attached hydrogens (tertiary/aromatic N) is 2. The average molecular weight is 614 g/mol. The van der Waals surface area contributed by atoms with Crippen LogP contribution in [0.25, 0.3) is 16.0 Å². The maximum atomic E-state index is 14.7. The van der Waals surface area contributed by atoms with E-state index in [0.29, 0.717) is 41.1 Å². The lowest BCUT2D eigenvalue weighted by atomic mass is 9.93. The topological polar surface area (TPSA) is 63.0 Å². The number of hydrogen-bond acceptors (Lipinski definition) is 5. The summed E-state index contributed by atoms with van der Waals surface area (Å²) in [5, 5.41) is 2.86. The Morgan fingerprint density at radius 1 is 0.977 bits per heavy atom. The SMILES string of the molecule is [C-]#[N+]c1ccc(N(Cc2ccc(C(=O)N[C@@H](CCSC)C(=O)OC)c(-c3ccccc3C)c2)Cc2ccc(F)cc2F)cc1. The van der Waals surface area contributed by atoms with Gasteiger partial charge in [0.15, 0.2) is 5.69 Å². The number of carbonyl (C=O) groups excluding carboxylic acids is 2. The number of thioether (sulfide) groups is 1. The summed E-state index contributed by atoms with van der Waals surface area (Å²) in [6.45, 7) is 9.71. The summed E-state index contributed by atoms with van der Waals surface area (Å²) in [6.07, 6.45) is 2.36. The van der Waals surface area contributed by atoms with Gasteiger partial charge in [-0.15, -0.1) is 0 Å². The van der Waals surface area contributed by atoms with Crippen molar-refractivity contribution in [1.82, 2.24) is 5.32 Å². The third-order valence-electron chi connectivity index (χ3n) is 7.26. The van der Waals surface area contributed by atoms with E-state index in [9.17, 15) is 18.4 Å². The van der Waals surface area contributed by atoms with Gasteiger partial charge in [-0.05, 0) is 77.9 Å². The molecule has 0 spiro atoms. The number of aryl methyl sites for hydroxylation is 1. The first kappa shape index (κ1) is 32.2. The van der Waals surface area contributed by atoms with Crippen molar-refractivity contribution in [3.05, 3.63) is 130 Å². The minimum Gasteiger partial charge on any atom is -0.467 e. The van der Waals surface area contributed by atoms with E-state index in [2.05, 4.69) is 10.2 Å². The number of anilines is 1. The molecule has 4 aromatic rings. The quantitative estimate of drug-likeness (QED) is 0.131. The van der Waals surface area contributed by atoms with Crippen molar-refractivity contribution in [2.75, 3.05) is 24.0 Å². The fourth-order valence-corrected chi connectivity index (χ4v) is 5.37. The molecule has 4 rings (SSSR count). The van der Waals surface area contributed by atoms with E-state index >= 15 is 0 Å². The Kier molecular flexibility index (Phi) is 11.1. The Morgan fingerprint density at radius 3 is 2.39 bits per heavy atom. The van der Waals surface area contributed by atoms with Crippen LogP contribution >= 0.6 is 11.8 Å². The fourth-order valence-electron chi connectivity index (χ4n) is 4.90. The number of amides is 1. The van der Waals surface area contributed by atoms with Gasteiger partial charge >= 0.3 is 5.97 Å². The van der Waals surface area contributed by atoms with E-state index in [4.69, 9.17) is 11.3 Å². The Hall–Kier alpha value is -4.68. The van der Waals surface area contributed by atoms with Crippen LogP contribution in [-0.4, -0.2) is 37.0 Å². The van der Waals surface area contributed by atoms with Gasteiger partial charge in [-0.2, -0.15) is 11.8 Å². The lowest BCUT2D eigenvalue weighted by Crippen LogP contribution is -2.42. The lowest BCUT2D eigenvalue weighted by Gasteiger charge is -2.26. The second kappa shape index (κ2) is 15.2. The molecule has 0 bridgehead atoms. The number of esters is 1.